The van der Waals surface area contributed by atoms with Gasteiger partial charge in [-0.3, -0.25) is 24.2 Å². The molecule has 2 unspecified atom stereocenters. The van der Waals surface area contributed by atoms with Gasteiger partial charge in [0.2, 0.25) is 5.91 Å². The number of carbonyl (C=O) groups excluding carboxylic acids is 4. The van der Waals surface area contributed by atoms with Crippen molar-refractivity contribution in [3.8, 4) is 5.75 Å². The first-order chi connectivity index (χ1) is 16.1. The molecule has 2 atom stereocenters. The number of hydrogen-bond donors (Lipinski definition) is 2. The Balaban J connectivity index is 1.62. The standard InChI is InChI=1S/C22H21N4O7S/c23-21(31)22-17(9-11-25(22)19(29)8-7-14-4-3-5-15(27)12-14)26(13-18(22)28)34(32,33)20(30)16-6-1-2-10-24-16/h1-6,8,10,12,17,27H,7,9,11,13H2,(H2,23,31). The smallest absolute Gasteiger partial charge is 0.310 e. The summed E-state index contributed by atoms with van der Waals surface area (Å²) in [5, 5.41) is 8.27. The molecule has 2 aliphatic heterocycles. The maximum absolute atomic E-state index is 13.1. The van der Waals surface area contributed by atoms with Gasteiger partial charge in [0.05, 0.1) is 19.0 Å². The fourth-order valence-electron chi connectivity index (χ4n) is 4.57. The summed E-state index contributed by atoms with van der Waals surface area (Å²) in [6.45, 7) is -0.886. The van der Waals surface area contributed by atoms with Crippen molar-refractivity contribution >= 4 is 32.7 Å². The van der Waals surface area contributed by atoms with E-state index in [1.165, 1.54) is 42.9 Å². The molecule has 1 aromatic heterocycles. The molecule has 2 aromatic rings. The molecule has 177 valence electrons. The molecule has 11 nitrogen and oxygen atoms in total. The molecular formula is C22H21N4O7S. The Labute approximate surface area is 195 Å². The van der Waals surface area contributed by atoms with Crippen molar-refractivity contribution in [1.29, 1.82) is 0 Å². The van der Waals surface area contributed by atoms with Gasteiger partial charge in [0, 0.05) is 12.7 Å². The van der Waals surface area contributed by atoms with Gasteiger partial charge < -0.3 is 15.7 Å². The van der Waals surface area contributed by atoms with Crippen LogP contribution >= 0.6 is 0 Å². The van der Waals surface area contributed by atoms with Crippen LogP contribution in [0.5, 0.6) is 5.75 Å². The second-order valence-corrected chi connectivity index (χ2v) is 9.77. The molecule has 2 saturated heterocycles. The van der Waals surface area contributed by atoms with Crippen LogP contribution in [0.1, 0.15) is 22.5 Å². The Morgan fingerprint density at radius 2 is 1.97 bits per heavy atom. The van der Waals surface area contributed by atoms with Crippen molar-refractivity contribution in [2.24, 2.45) is 5.73 Å². The molecule has 2 aliphatic rings. The third-order valence-corrected chi connectivity index (χ3v) is 7.77. The first kappa shape index (κ1) is 23.5. The number of ketones is 1. The van der Waals surface area contributed by atoms with Crippen molar-refractivity contribution in [2.45, 2.75) is 24.4 Å². The van der Waals surface area contributed by atoms with E-state index in [1.807, 2.05) is 0 Å². The molecule has 34 heavy (non-hydrogen) atoms. The van der Waals surface area contributed by atoms with Gasteiger partial charge in [-0.25, -0.2) is 8.42 Å². The zero-order chi connectivity index (χ0) is 24.7. The highest BCUT2D eigenvalue weighted by Gasteiger charge is 2.68. The van der Waals surface area contributed by atoms with Crippen LogP contribution in [-0.4, -0.2) is 75.1 Å². The van der Waals surface area contributed by atoms with Gasteiger partial charge in [0.15, 0.2) is 11.3 Å². The van der Waals surface area contributed by atoms with Crippen molar-refractivity contribution < 1.29 is 32.7 Å². The van der Waals surface area contributed by atoms with E-state index < -0.39 is 50.9 Å². The predicted octanol–water partition coefficient (Wildman–Crippen LogP) is -0.586. The Bertz CT molecular complexity index is 1280. The summed E-state index contributed by atoms with van der Waals surface area (Å²) in [4.78, 5) is 56.1. The lowest BCUT2D eigenvalue weighted by Gasteiger charge is -2.34. The van der Waals surface area contributed by atoms with E-state index >= 15 is 0 Å². The van der Waals surface area contributed by atoms with Crippen LogP contribution in [0, 0.1) is 6.42 Å². The second kappa shape index (κ2) is 8.61. The number of likely N-dealkylation sites (tertiary alicyclic amines) is 1. The lowest BCUT2D eigenvalue weighted by Crippen LogP contribution is -2.64. The molecule has 1 aromatic carbocycles. The summed E-state index contributed by atoms with van der Waals surface area (Å²) >= 11 is 0. The number of hydrogen-bond acceptors (Lipinski definition) is 8. The molecule has 0 spiro atoms. The fourth-order valence-corrected chi connectivity index (χ4v) is 6.05. The minimum Gasteiger partial charge on any atom is -0.508 e. The highest BCUT2D eigenvalue weighted by atomic mass is 32.2. The molecule has 0 bridgehead atoms. The number of amides is 2. The van der Waals surface area contributed by atoms with E-state index in [0.717, 1.165) is 4.90 Å². The topological polar surface area (TPSA) is 168 Å². The molecule has 3 heterocycles. The van der Waals surface area contributed by atoms with Crippen LogP contribution < -0.4 is 5.73 Å². The SMILES string of the molecule is NC(=O)C12C(=O)CN(S(=O)(=O)C(=O)c3ccccn3)C1CCN2C(=O)[CH]Cc1cccc(O)c1. The van der Waals surface area contributed by atoms with Crippen molar-refractivity contribution in [1.82, 2.24) is 14.2 Å². The van der Waals surface area contributed by atoms with Crippen molar-refractivity contribution in [2.75, 3.05) is 13.1 Å². The number of pyridine rings is 1. The number of aromatic hydroxyl groups is 1. The maximum atomic E-state index is 13.1. The molecule has 0 aliphatic carbocycles. The molecule has 3 N–H and O–H groups in total. The van der Waals surface area contributed by atoms with Crippen LogP contribution in [0.25, 0.3) is 0 Å². The van der Waals surface area contributed by atoms with Gasteiger partial charge >= 0.3 is 5.12 Å². The molecule has 12 heteroatoms. The Morgan fingerprint density at radius 3 is 2.62 bits per heavy atom. The number of Topliss-reactive ketones (excluding diaryl/α,β-unsaturated/α-hetero) is 1. The van der Waals surface area contributed by atoms with E-state index in [2.05, 4.69) is 4.98 Å². The number of nitrogens with two attached hydrogens (primary N) is 1. The number of primary amides is 1. The fraction of sp³-hybridized carbons (Fsp3) is 0.273. The summed E-state index contributed by atoms with van der Waals surface area (Å²) in [6.07, 6.45) is 2.52. The van der Waals surface area contributed by atoms with Crippen LogP contribution in [-0.2, 0) is 30.8 Å². The number of nitrogens with zero attached hydrogens (tertiary/aromatic N) is 3. The average Bonchev–Trinajstić information content (AvgIpc) is 3.35. The van der Waals surface area contributed by atoms with Crippen LogP contribution in [0.15, 0.2) is 48.7 Å². The Kier molecular flexibility index (Phi) is 5.96. The van der Waals surface area contributed by atoms with E-state index in [9.17, 15) is 32.7 Å². The predicted molar refractivity (Wildman–Crippen MR) is 117 cm³/mol. The summed E-state index contributed by atoms with van der Waals surface area (Å²) in [7, 11) is -4.73. The number of benzene rings is 1. The zero-order valence-corrected chi connectivity index (χ0v) is 18.6. The number of phenols is 1. The number of fused-ring (bicyclic) bond motifs is 1. The van der Waals surface area contributed by atoms with E-state index in [-0.39, 0.29) is 30.8 Å². The molecule has 4 rings (SSSR count). The number of phenolic OH excluding ortho intramolecular Hbond substituents is 1. The van der Waals surface area contributed by atoms with Crippen LogP contribution in [0.3, 0.4) is 0 Å². The lowest BCUT2D eigenvalue weighted by atomic mass is 9.89. The average molecular weight is 485 g/mol. The number of carbonyl (C=O) groups is 4. The summed E-state index contributed by atoms with van der Waals surface area (Å²) in [6, 6.07) is 9.06. The third kappa shape index (κ3) is 3.64. The third-order valence-electron chi connectivity index (χ3n) is 6.09. The molecule has 0 saturated carbocycles. The monoisotopic (exact) mass is 485 g/mol. The quantitative estimate of drug-likeness (QED) is 0.512. The van der Waals surface area contributed by atoms with Gasteiger partial charge in [-0.1, -0.05) is 18.2 Å². The molecular weight excluding hydrogens is 464 g/mol. The Morgan fingerprint density at radius 1 is 1.21 bits per heavy atom. The lowest BCUT2D eigenvalue weighted by molar-refractivity contribution is -0.147. The maximum Gasteiger partial charge on any atom is 0.310 e. The summed E-state index contributed by atoms with van der Waals surface area (Å²) < 4.78 is 26.9. The molecule has 2 amide bonds. The second-order valence-electron chi connectivity index (χ2n) is 7.98. The first-order valence-corrected chi connectivity index (χ1v) is 11.8. The summed E-state index contributed by atoms with van der Waals surface area (Å²) in [5.74, 6) is -2.72. The summed E-state index contributed by atoms with van der Waals surface area (Å²) in [5.41, 5.74) is 3.65. The molecule has 2 fully saturated rings. The van der Waals surface area contributed by atoms with Crippen LogP contribution in [0.2, 0.25) is 0 Å². The minimum absolute atomic E-state index is 0.0117. The largest absolute Gasteiger partial charge is 0.508 e. The normalized spacial score (nSPS) is 22.5. The minimum atomic E-state index is -4.73. The van der Waals surface area contributed by atoms with Gasteiger partial charge in [0.25, 0.3) is 15.9 Å². The van der Waals surface area contributed by atoms with Crippen molar-refractivity contribution in [3.63, 3.8) is 0 Å². The number of aromatic nitrogens is 1. The van der Waals surface area contributed by atoms with Crippen molar-refractivity contribution in [3.05, 3.63) is 66.3 Å². The van der Waals surface area contributed by atoms with Crippen LogP contribution in [0.4, 0.5) is 0 Å². The van der Waals surface area contributed by atoms with E-state index in [0.29, 0.717) is 9.87 Å². The highest BCUT2D eigenvalue weighted by Crippen LogP contribution is 2.41. The van der Waals surface area contributed by atoms with Gasteiger partial charge in [-0.2, -0.15) is 4.31 Å². The number of rotatable bonds is 6. The first-order valence-electron chi connectivity index (χ1n) is 10.3. The zero-order valence-electron chi connectivity index (χ0n) is 17.8. The Hall–Kier alpha value is -3.64. The number of sulfonamides is 1. The van der Waals surface area contributed by atoms with E-state index in [4.69, 9.17) is 5.73 Å². The van der Waals surface area contributed by atoms with Gasteiger partial charge in [0.1, 0.15) is 11.4 Å². The van der Waals surface area contributed by atoms with Gasteiger partial charge in [-0.05, 0) is 42.7 Å². The molecule has 1 radical (unpaired) electrons. The van der Waals surface area contributed by atoms with Gasteiger partial charge in [-0.15, -0.1) is 0 Å². The highest BCUT2D eigenvalue weighted by molar-refractivity contribution is 8.04. The van der Waals surface area contributed by atoms with E-state index in [1.54, 1.807) is 12.1 Å².